The van der Waals surface area contributed by atoms with Gasteiger partial charge in [0.25, 0.3) is 0 Å². The molecule has 0 saturated heterocycles. The van der Waals surface area contributed by atoms with E-state index < -0.39 is 31.6 Å². The molecule has 184 valence electrons. The number of carbonyl (C=O) groups is 2. The van der Waals surface area contributed by atoms with Crippen LogP contribution in [0.5, 0.6) is 11.5 Å². The van der Waals surface area contributed by atoms with Crippen molar-refractivity contribution in [3.8, 4) is 11.5 Å². The topological polar surface area (TPSA) is 103 Å². The fourth-order valence-electron chi connectivity index (χ4n) is 2.85. The molecule has 0 spiro atoms. The van der Waals surface area contributed by atoms with Gasteiger partial charge in [-0.3, -0.25) is 4.79 Å². The van der Waals surface area contributed by atoms with E-state index in [1.54, 1.807) is 41.7 Å². The first-order chi connectivity index (χ1) is 16.6. The minimum absolute atomic E-state index is 0.149. The highest BCUT2D eigenvalue weighted by Gasteiger charge is 2.43. The summed E-state index contributed by atoms with van der Waals surface area (Å²) >= 11 is 0. The number of benzene rings is 3. The maximum absolute atomic E-state index is 14.2. The molecular formula is C23H20F3N2O6P. The number of methoxy groups -OCH3 is 1. The van der Waals surface area contributed by atoms with E-state index in [-0.39, 0.29) is 22.7 Å². The number of rotatable bonds is 8. The molecule has 0 radical (unpaired) electrons. The van der Waals surface area contributed by atoms with E-state index in [0.717, 1.165) is 19.2 Å². The molecule has 8 nitrogen and oxygen atoms in total. The van der Waals surface area contributed by atoms with E-state index in [9.17, 15) is 27.3 Å². The van der Waals surface area contributed by atoms with E-state index in [2.05, 4.69) is 10.1 Å². The molecule has 0 saturated carbocycles. The third kappa shape index (κ3) is 7.00. The molecule has 2 N–H and O–H groups in total. The fourth-order valence-corrected chi connectivity index (χ4v) is 4.73. The second-order valence-corrected chi connectivity index (χ2v) is 8.92. The summed E-state index contributed by atoms with van der Waals surface area (Å²) < 4.78 is 68.0. The number of hydrogen-bond acceptors (Lipinski definition) is 6. The van der Waals surface area contributed by atoms with Gasteiger partial charge in [0.05, 0.1) is 7.11 Å². The average Bonchev–Trinajstić information content (AvgIpc) is 2.83. The first-order valence-electron chi connectivity index (χ1n) is 10.0. The molecule has 0 bridgehead atoms. The predicted octanol–water partition coefficient (Wildman–Crippen LogP) is 5.89. The Bertz CT molecular complexity index is 1150. The molecule has 12 heteroatoms. The Kier molecular flexibility index (Phi) is 8.03. The van der Waals surface area contributed by atoms with Crippen LogP contribution in [-0.2, 0) is 14.1 Å². The normalized spacial score (nSPS) is 12.2. The van der Waals surface area contributed by atoms with Crippen molar-refractivity contribution < 1.29 is 41.1 Å². The fraction of sp³-hybridized carbons (Fsp3) is 0.130. The van der Waals surface area contributed by atoms with Crippen LogP contribution in [0.2, 0.25) is 0 Å². The van der Waals surface area contributed by atoms with Gasteiger partial charge < -0.3 is 24.4 Å². The van der Waals surface area contributed by atoms with Crippen molar-refractivity contribution >= 4 is 25.3 Å². The van der Waals surface area contributed by atoms with Gasteiger partial charge in [0.1, 0.15) is 11.5 Å². The number of para-hydroxylation sites is 2. The Morgan fingerprint density at radius 1 is 0.829 bits per heavy atom. The highest BCUT2D eigenvalue weighted by molar-refractivity contribution is 7.55. The number of carbonyl (C=O) groups excluding carboxylic acids is 2. The van der Waals surface area contributed by atoms with Crippen LogP contribution in [0.15, 0.2) is 84.9 Å². The first-order valence-corrected chi connectivity index (χ1v) is 11.6. The average molecular weight is 508 g/mol. The molecule has 3 aromatic rings. The highest BCUT2D eigenvalue weighted by Crippen LogP contribution is 2.59. The second-order valence-electron chi connectivity index (χ2n) is 6.96. The summed E-state index contributed by atoms with van der Waals surface area (Å²) in [7, 11) is -3.21. The molecule has 0 fully saturated rings. The van der Waals surface area contributed by atoms with Crippen molar-refractivity contribution in [3.05, 3.63) is 90.5 Å². The molecular weight excluding hydrogens is 488 g/mol. The van der Waals surface area contributed by atoms with Gasteiger partial charge >= 0.3 is 25.8 Å². The third-order valence-corrected chi connectivity index (χ3v) is 6.44. The molecule has 1 atom stereocenters. The van der Waals surface area contributed by atoms with Gasteiger partial charge in [0, 0.05) is 5.69 Å². The number of nitrogens with one attached hydrogen (secondary N) is 2. The Morgan fingerprint density at radius 2 is 1.31 bits per heavy atom. The van der Waals surface area contributed by atoms with Crippen LogP contribution in [0.3, 0.4) is 0 Å². The van der Waals surface area contributed by atoms with Gasteiger partial charge in [0.15, 0.2) is 5.78 Å². The van der Waals surface area contributed by atoms with Crippen molar-refractivity contribution in [2.75, 3.05) is 12.4 Å². The summed E-state index contributed by atoms with van der Waals surface area (Å²) in [5.41, 5.74) is -0.0220. The molecule has 0 aliphatic carbocycles. The van der Waals surface area contributed by atoms with Crippen molar-refractivity contribution in [3.63, 3.8) is 0 Å². The van der Waals surface area contributed by atoms with Crippen molar-refractivity contribution in [1.29, 1.82) is 0 Å². The summed E-state index contributed by atoms with van der Waals surface area (Å²) in [6.07, 6.45) is -6.03. The number of ether oxygens (including phenoxy) is 1. The van der Waals surface area contributed by atoms with Crippen LogP contribution in [0.1, 0.15) is 11.3 Å². The molecule has 3 aromatic carbocycles. The van der Waals surface area contributed by atoms with E-state index >= 15 is 0 Å². The number of halogens is 3. The zero-order valence-electron chi connectivity index (χ0n) is 18.2. The molecule has 0 aliphatic rings. The van der Waals surface area contributed by atoms with Crippen LogP contribution in [0.25, 0.3) is 0 Å². The van der Waals surface area contributed by atoms with Gasteiger partial charge in [-0.05, 0) is 42.0 Å². The highest BCUT2D eigenvalue weighted by atomic mass is 31.2. The first kappa shape index (κ1) is 25.6. The van der Waals surface area contributed by atoms with Crippen LogP contribution in [-0.4, -0.2) is 25.3 Å². The van der Waals surface area contributed by atoms with Crippen LogP contribution < -0.4 is 19.7 Å². The largest absolute Gasteiger partial charge is 0.471 e. The quantitative estimate of drug-likeness (QED) is 0.368. The van der Waals surface area contributed by atoms with Crippen LogP contribution in [0, 0.1) is 0 Å². The summed E-state index contributed by atoms with van der Waals surface area (Å²) in [6, 6.07) is 21.0. The Labute approximate surface area is 198 Å². The SMILES string of the molecule is COC(=O)NC(c1ccc(NC(=O)C(F)(F)F)cc1)P(=O)(Oc1ccccc1)Oc1ccccc1. The molecule has 0 aliphatic heterocycles. The Morgan fingerprint density at radius 3 is 1.74 bits per heavy atom. The smallest absolute Gasteiger partial charge is 0.453 e. The lowest BCUT2D eigenvalue weighted by atomic mass is 10.2. The van der Waals surface area contributed by atoms with Gasteiger partial charge in [-0.25, -0.2) is 9.36 Å². The molecule has 35 heavy (non-hydrogen) atoms. The Hall–Kier alpha value is -3.98. The maximum atomic E-state index is 14.2. The number of alkyl halides is 3. The number of alkyl carbamates (subject to hydrolysis) is 1. The summed E-state index contributed by atoms with van der Waals surface area (Å²) in [5.74, 6) is -3.24. The number of amides is 2. The molecule has 2 amide bonds. The van der Waals surface area contributed by atoms with E-state index in [1.807, 2.05) is 0 Å². The molecule has 1 unspecified atom stereocenters. The zero-order valence-corrected chi connectivity index (χ0v) is 19.1. The van der Waals surface area contributed by atoms with E-state index in [4.69, 9.17) is 9.05 Å². The minimum Gasteiger partial charge on any atom is -0.453 e. The van der Waals surface area contributed by atoms with Crippen molar-refractivity contribution in [2.24, 2.45) is 0 Å². The van der Waals surface area contributed by atoms with E-state index in [1.165, 1.54) is 36.4 Å². The molecule has 0 heterocycles. The van der Waals surface area contributed by atoms with Crippen LogP contribution in [0.4, 0.5) is 23.7 Å². The summed E-state index contributed by atoms with van der Waals surface area (Å²) in [6.45, 7) is 0. The summed E-state index contributed by atoms with van der Waals surface area (Å²) in [5, 5.41) is 4.12. The van der Waals surface area contributed by atoms with Crippen molar-refractivity contribution in [1.82, 2.24) is 5.32 Å². The third-order valence-electron chi connectivity index (χ3n) is 4.45. The zero-order chi connectivity index (χ0) is 25.5. The predicted molar refractivity (Wildman–Crippen MR) is 121 cm³/mol. The minimum atomic E-state index is -5.07. The molecule has 0 aromatic heterocycles. The lowest BCUT2D eigenvalue weighted by Gasteiger charge is -2.28. The van der Waals surface area contributed by atoms with Crippen LogP contribution >= 0.6 is 7.60 Å². The monoisotopic (exact) mass is 508 g/mol. The Balaban J connectivity index is 2.01. The van der Waals surface area contributed by atoms with Gasteiger partial charge in [0.2, 0.25) is 0 Å². The lowest BCUT2D eigenvalue weighted by Crippen LogP contribution is -2.31. The van der Waals surface area contributed by atoms with E-state index in [0.29, 0.717) is 0 Å². The number of hydrogen-bond donors (Lipinski definition) is 2. The lowest BCUT2D eigenvalue weighted by molar-refractivity contribution is -0.167. The molecule has 3 rings (SSSR count). The number of anilines is 1. The van der Waals surface area contributed by atoms with Gasteiger partial charge in [-0.1, -0.05) is 48.5 Å². The van der Waals surface area contributed by atoms with Gasteiger partial charge in [-0.2, -0.15) is 13.2 Å². The standard InChI is InChI=1S/C23H20F3N2O6P/c1-32-22(30)28-20(16-12-14-17(15-13-16)27-21(29)23(24,25)26)35(31,33-18-8-4-2-5-9-18)34-19-10-6-3-7-11-19/h2-15,20H,1H3,(H,27,29)(H,28,30). The van der Waals surface area contributed by atoms with Gasteiger partial charge in [-0.15, -0.1) is 0 Å². The second kappa shape index (κ2) is 11.0. The maximum Gasteiger partial charge on any atom is 0.471 e. The summed E-state index contributed by atoms with van der Waals surface area (Å²) in [4.78, 5) is 23.3. The van der Waals surface area contributed by atoms with Crippen molar-refractivity contribution in [2.45, 2.75) is 12.0 Å².